The molecule has 0 amide bonds. The molecule has 0 fully saturated rings. The number of fused-ring (bicyclic) bond motifs is 1. The van der Waals surface area contributed by atoms with Crippen LogP contribution >= 0.6 is 11.6 Å². The van der Waals surface area contributed by atoms with Crippen LogP contribution in [0.3, 0.4) is 0 Å². The fourth-order valence-corrected chi connectivity index (χ4v) is 3.64. The number of hydrogen-bond donors (Lipinski definition) is 2. The van der Waals surface area contributed by atoms with Gasteiger partial charge in [-0.2, -0.15) is 0 Å². The summed E-state index contributed by atoms with van der Waals surface area (Å²) < 4.78 is 6.21. The summed E-state index contributed by atoms with van der Waals surface area (Å²) in [5.74, 6) is 0. The van der Waals surface area contributed by atoms with Crippen molar-refractivity contribution in [1.29, 1.82) is 0 Å². The van der Waals surface area contributed by atoms with E-state index in [0.29, 0.717) is 10.8 Å². The number of anilines is 2. The molecule has 2 aromatic rings. The van der Waals surface area contributed by atoms with Crippen molar-refractivity contribution in [2.75, 3.05) is 24.2 Å². The van der Waals surface area contributed by atoms with Crippen molar-refractivity contribution < 1.29 is 4.43 Å². The van der Waals surface area contributed by atoms with E-state index in [9.17, 15) is 0 Å². The molecule has 0 saturated heterocycles. The lowest BCUT2D eigenvalue weighted by Crippen LogP contribution is -2.41. The monoisotopic (exact) mass is 379 g/mol. The predicted octanol–water partition coefficient (Wildman–Crippen LogP) is 5.68. The molecular weight excluding hydrogens is 350 g/mol. The van der Waals surface area contributed by atoms with E-state index in [1.54, 1.807) is 0 Å². The maximum atomic E-state index is 6.21. The van der Waals surface area contributed by atoms with Crippen molar-refractivity contribution in [3.63, 3.8) is 0 Å². The number of nitrogens with one attached hydrogen (secondary N) is 1. The zero-order valence-corrected chi connectivity index (χ0v) is 17.7. The van der Waals surface area contributed by atoms with E-state index in [2.05, 4.69) is 44.2 Å². The van der Waals surface area contributed by atoms with Crippen LogP contribution in [0.4, 0.5) is 11.4 Å². The van der Waals surface area contributed by atoms with Crippen LogP contribution in [0.15, 0.2) is 24.3 Å². The lowest BCUT2D eigenvalue weighted by atomic mass is 10.1. The molecule has 0 spiro atoms. The molecule has 1 aromatic carbocycles. The largest absolute Gasteiger partial charge is 0.417 e. The van der Waals surface area contributed by atoms with E-state index >= 15 is 0 Å². The third kappa shape index (κ3) is 4.87. The summed E-state index contributed by atoms with van der Waals surface area (Å²) in [7, 11) is -1.65. The quantitative estimate of drug-likeness (QED) is 0.369. The molecule has 4 nitrogen and oxygen atoms in total. The van der Waals surface area contributed by atoms with Crippen LogP contribution in [0, 0.1) is 0 Å². The Morgan fingerprint density at radius 3 is 2.56 bits per heavy atom. The molecule has 1 heterocycles. The summed E-state index contributed by atoms with van der Waals surface area (Å²) >= 11 is 6.16. The number of benzene rings is 1. The summed E-state index contributed by atoms with van der Waals surface area (Å²) in [5, 5.41) is 5.04. The highest BCUT2D eigenvalue weighted by atomic mass is 35.5. The zero-order valence-electron chi connectivity index (χ0n) is 15.9. The third-order valence-electron chi connectivity index (χ3n) is 5.03. The van der Waals surface area contributed by atoms with Gasteiger partial charge in [-0.1, -0.05) is 50.6 Å². The van der Waals surface area contributed by atoms with E-state index in [1.165, 1.54) is 0 Å². The second-order valence-electron chi connectivity index (χ2n) is 7.95. The number of halogens is 1. The van der Waals surface area contributed by atoms with E-state index in [-0.39, 0.29) is 5.04 Å². The van der Waals surface area contributed by atoms with Gasteiger partial charge in [-0.15, -0.1) is 0 Å². The lowest BCUT2D eigenvalue weighted by molar-refractivity contribution is 0.280. The Morgan fingerprint density at radius 1 is 1.20 bits per heavy atom. The zero-order chi connectivity index (χ0) is 18.7. The van der Waals surface area contributed by atoms with Crippen molar-refractivity contribution >= 4 is 42.2 Å². The molecule has 25 heavy (non-hydrogen) atoms. The number of nitrogens with two attached hydrogens (primary N) is 1. The average Bonchev–Trinajstić information content (AvgIpc) is 2.52. The van der Waals surface area contributed by atoms with Gasteiger partial charge in [0.15, 0.2) is 13.5 Å². The molecule has 0 aliphatic rings. The average molecular weight is 380 g/mol. The molecule has 0 radical (unpaired) electrons. The minimum absolute atomic E-state index is 0.256. The molecule has 3 N–H and O–H groups in total. The van der Waals surface area contributed by atoms with Crippen molar-refractivity contribution in [2.24, 2.45) is 0 Å². The van der Waals surface area contributed by atoms with Gasteiger partial charge in [-0.25, -0.2) is 4.98 Å². The van der Waals surface area contributed by atoms with Gasteiger partial charge < -0.3 is 15.5 Å². The van der Waals surface area contributed by atoms with Gasteiger partial charge in [-0.05, 0) is 37.0 Å². The Hall–Kier alpha value is -1.30. The molecule has 0 aliphatic heterocycles. The predicted molar refractivity (Wildman–Crippen MR) is 112 cm³/mol. The Bertz CT molecular complexity index is 728. The second kappa shape index (κ2) is 7.93. The van der Waals surface area contributed by atoms with Gasteiger partial charge in [0, 0.05) is 18.5 Å². The van der Waals surface area contributed by atoms with Gasteiger partial charge in [0.05, 0.1) is 16.9 Å². The fourth-order valence-electron chi connectivity index (χ4n) is 2.37. The smallest absolute Gasteiger partial charge is 0.191 e. The molecule has 0 atom stereocenters. The molecule has 2 rings (SSSR count). The van der Waals surface area contributed by atoms with Crippen LogP contribution in [0.2, 0.25) is 23.3 Å². The molecule has 6 heteroatoms. The normalized spacial score (nSPS) is 12.6. The molecule has 138 valence electrons. The summed E-state index contributed by atoms with van der Waals surface area (Å²) in [6.07, 6.45) is 2.04. The maximum Gasteiger partial charge on any atom is 0.191 e. The highest BCUT2D eigenvalue weighted by molar-refractivity contribution is 6.74. The van der Waals surface area contributed by atoms with E-state index in [1.807, 2.05) is 24.3 Å². The molecule has 1 aromatic heterocycles. The Balaban J connectivity index is 1.89. The highest BCUT2D eigenvalue weighted by Crippen LogP contribution is 2.36. The summed E-state index contributed by atoms with van der Waals surface area (Å²) in [5.41, 5.74) is 8.36. The number of nitrogens with zero attached hydrogens (tertiary/aromatic N) is 1. The second-order valence-corrected chi connectivity index (χ2v) is 13.1. The Kier molecular flexibility index (Phi) is 6.35. The van der Waals surface area contributed by atoms with Gasteiger partial charge >= 0.3 is 0 Å². The molecule has 0 bridgehead atoms. The number of hydrogen-bond acceptors (Lipinski definition) is 4. The number of rotatable bonds is 7. The Morgan fingerprint density at radius 2 is 1.88 bits per heavy atom. The van der Waals surface area contributed by atoms with Crippen LogP contribution in [-0.4, -0.2) is 26.5 Å². The number of aromatic nitrogens is 1. The Labute approximate surface area is 157 Å². The molecular formula is C19H30ClN3OSi. The molecule has 0 aliphatic carbocycles. The summed E-state index contributed by atoms with van der Waals surface area (Å²) in [6, 6.07) is 7.89. The SMILES string of the molecule is CC(C)(C)[Si](C)(C)OCCCCNc1c(N)c(Cl)nc2ccccc12. The molecule has 0 saturated carbocycles. The maximum absolute atomic E-state index is 6.21. The molecule has 0 unspecified atom stereocenters. The first-order valence-corrected chi connectivity index (χ1v) is 12.1. The van der Waals surface area contributed by atoms with Crippen molar-refractivity contribution in [3.8, 4) is 0 Å². The van der Waals surface area contributed by atoms with Crippen LogP contribution in [0.1, 0.15) is 33.6 Å². The minimum Gasteiger partial charge on any atom is -0.417 e. The fraction of sp³-hybridized carbons (Fsp3) is 0.526. The number of para-hydroxylation sites is 1. The highest BCUT2D eigenvalue weighted by Gasteiger charge is 2.36. The number of unbranched alkanes of at least 4 members (excludes halogenated alkanes) is 1. The first-order chi connectivity index (χ1) is 11.6. The van der Waals surface area contributed by atoms with E-state index in [0.717, 1.165) is 42.6 Å². The van der Waals surface area contributed by atoms with E-state index < -0.39 is 8.32 Å². The summed E-state index contributed by atoms with van der Waals surface area (Å²) in [6.45, 7) is 13.0. The number of nitrogen functional groups attached to an aromatic ring is 1. The van der Waals surface area contributed by atoms with Gasteiger partial charge in [0.25, 0.3) is 0 Å². The van der Waals surface area contributed by atoms with E-state index in [4.69, 9.17) is 21.8 Å². The standard InChI is InChI=1S/C19H30ClN3OSi/c1-19(2,3)25(4,5)24-13-9-8-12-22-17-14-10-6-7-11-15(14)23-18(20)16(17)21/h6-7,10-11H,8-9,12-13,21H2,1-5H3,(H,22,23). The first-order valence-electron chi connectivity index (χ1n) is 8.85. The summed E-state index contributed by atoms with van der Waals surface area (Å²) in [4.78, 5) is 4.33. The topological polar surface area (TPSA) is 60.2 Å². The van der Waals surface area contributed by atoms with Crippen LogP contribution in [0.25, 0.3) is 10.9 Å². The van der Waals surface area contributed by atoms with Crippen LogP contribution < -0.4 is 11.1 Å². The lowest BCUT2D eigenvalue weighted by Gasteiger charge is -2.36. The van der Waals surface area contributed by atoms with Gasteiger partial charge in [-0.3, -0.25) is 0 Å². The van der Waals surface area contributed by atoms with Crippen molar-refractivity contribution in [3.05, 3.63) is 29.4 Å². The van der Waals surface area contributed by atoms with Gasteiger partial charge in [0.2, 0.25) is 0 Å². The van der Waals surface area contributed by atoms with Gasteiger partial charge in [0.1, 0.15) is 0 Å². The first kappa shape index (κ1) is 20.0. The van der Waals surface area contributed by atoms with Crippen molar-refractivity contribution in [1.82, 2.24) is 4.98 Å². The van der Waals surface area contributed by atoms with Crippen molar-refractivity contribution in [2.45, 2.75) is 51.7 Å². The minimum atomic E-state index is -1.65. The van der Waals surface area contributed by atoms with Crippen LogP contribution in [0.5, 0.6) is 0 Å². The number of pyridine rings is 1. The third-order valence-corrected chi connectivity index (χ3v) is 9.85. The van der Waals surface area contributed by atoms with Crippen LogP contribution in [-0.2, 0) is 4.43 Å².